The van der Waals surface area contributed by atoms with Crippen LogP contribution >= 0.6 is 12.4 Å². The predicted octanol–water partition coefficient (Wildman–Crippen LogP) is 3.46. The Morgan fingerprint density at radius 1 is 1.33 bits per heavy atom. The minimum absolute atomic E-state index is 0. The van der Waals surface area contributed by atoms with Crippen molar-refractivity contribution in [1.29, 1.82) is 0 Å². The highest BCUT2D eigenvalue weighted by Crippen LogP contribution is 2.35. The Balaban J connectivity index is 0.00000261. The molecule has 3 rings (SSSR count). The van der Waals surface area contributed by atoms with E-state index in [2.05, 4.69) is 5.32 Å². The van der Waals surface area contributed by atoms with Gasteiger partial charge < -0.3 is 20.5 Å². The number of carbonyl (C=O) groups excluding carboxylic acids is 1. The van der Waals surface area contributed by atoms with Crippen LogP contribution in [-0.2, 0) is 17.8 Å². The minimum atomic E-state index is -0.697. The number of nitrogens with two attached hydrogens (primary N) is 1. The van der Waals surface area contributed by atoms with E-state index in [0.29, 0.717) is 13.2 Å². The molecule has 0 saturated carbocycles. The highest BCUT2D eigenvalue weighted by molar-refractivity contribution is 5.85. The van der Waals surface area contributed by atoms with Crippen LogP contribution in [0.1, 0.15) is 42.1 Å². The third kappa shape index (κ3) is 4.93. The molecule has 0 radical (unpaired) electrons. The first-order valence-electron chi connectivity index (χ1n) is 9.03. The Hall–Kier alpha value is -2.24. The van der Waals surface area contributed by atoms with Crippen LogP contribution in [0.5, 0.6) is 11.5 Å². The first-order chi connectivity index (χ1) is 12.5. The highest BCUT2D eigenvalue weighted by Gasteiger charge is 2.22. The van der Waals surface area contributed by atoms with Gasteiger partial charge in [0.05, 0.1) is 6.61 Å². The normalized spacial score (nSPS) is 15.9. The van der Waals surface area contributed by atoms with Crippen molar-refractivity contribution < 1.29 is 14.3 Å². The molecule has 6 heteroatoms. The van der Waals surface area contributed by atoms with Gasteiger partial charge in [-0.1, -0.05) is 29.8 Å². The Morgan fingerprint density at radius 3 is 2.70 bits per heavy atom. The fourth-order valence-electron chi connectivity index (χ4n) is 3.13. The molecular weight excluding hydrogens is 364 g/mol. The molecule has 0 aliphatic carbocycles. The maximum atomic E-state index is 12.4. The zero-order valence-electron chi connectivity index (χ0n) is 16.0. The average Bonchev–Trinajstić information content (AvgIpc) is 2.98. The van der Waals surface area contributed by atoms with Crippen LogP contribution in [0, 0.1) is 6.92 Å². The number of hydrogen-bond donors (Lipinski definition) is 2. The summed E-state index contributed by atoms with van der Waals surface area (Å²) in [4.78, 5) is 12.4. The molecule has 0 fully saturated rings. The number of amides is 1. The van der Waals surface area contributed by atoms with Crippen molar-refractivity contribution in [2.24, 2.45) is 5.73 Å². The van der Waals surface area contributed by atoms with Crippen LogP contribution < -0.4 is 20.5 Å². The molecule has 146 valence electrons. The summed E-state index contributed by atoms with van der Waals surface area (Å²) in [6.45, 7) is 6.91. The summed E-state index contributed by atoms with van der Waals surface area (Å²) in [5.41, 5.74) is 10.1. The molecule has 0 saturated heterocycles. The Labute approximate surface area is 166 Å². The average molecular weight is 391 g/mol. The van der Waals surface area contributed by atoms with E-state index in [1.54, 1.807) is 0 Å². The number of rotatable bonds is 6. The van der Waals surface area contributed by atoms with Crippen molar-refractivity contribution in [3.63, 3.8) is 0 Å². The van der Waals surface area contributed by atoms with E-state index in [4.69, 9.17) is 15.2 Å². The molecule has 2 aromatic carbocycles. The van der Waals surface area contributed by atoms with Gasteiger partial charge >= 0.3 is 0 Å². The summed E-state index contributed by atoms with van der Waals surface area (Å²) in [7, 11) is 0. The summed E-state index contributed by atoms with van der Waals surface area (Å²) in [5, 5.41) is 2.91. The molecule has 2 unspecified atom stereocenters. The number of hydrogen-bond acceptors (Lipinski definition) is 4. The van der Waals surface area contributed by atoms with Crippen molar-refractivity contribution in [3.05, 3.63) is 58.7 Å². The third-order valence-electron chi connectivity index (χ3n) is 4.55. The van der Waals surface area contributed by atoms with E-state index in [9.17, 15) is 4.79 Å². The topological polar surface area (TPSA) is 73.6 Å². The summed E-state index contributed by atoms with van der Waals surface area (Å²) < 4.78 is 11.6. The molecule has 0 aromatic heterocycles. The van der Waals surface area contributed by atoms with Gasteiger partial charge in [0.2, 0.25) is 5.91 Å². The molecule has 2 atom stereocenters. The number of halogens is 1. The quantitative estimate of drug-likeness (QED) is 0.792. The molecule has 5 nitrogen and oxygen atoms in total. The molecule has 1 amide bonds. The Morgan fingerprint density at radius 2 is 2.04 bits per heavy atom. The van der Waals surface area contributed by atoms with Crippen LogP contribution in [0.25, 0.3) is 0 Å². The number of nitrogens with one attached hydrogen (secondary N) is 1. The van der Waals surface area contributed by atoms with E-state index >= 15 is 0 Å². The second-order valence-electron chi connectivity index (χ2n) is 6.74. The van der Waals surface area contributed by atoms with Crippen LogP contribution in [0.15, 0.2) is 36.4 Å². The molecule has 1 aliphatic rings. The van der Waals surface area contributed by atoms with Crippen LogP contribution in [0.3, 0.4) is 0 Å². The van der Waals surface area contributed by atoms with E-state index < -0.39 is 6.04 Å². The van der Waals surface area contributed by atoms with Crippen molar-refractivity contribution in [2.45, 2.75) is 45.9 Å². The van der Waals surface area contributed by atoms with Gasteiger partial charge in [0.25, 0.3) is 0 Å². The lowest BCUT2D eigenvalue weighted by atomic mass is 10.0. The summed E-state index contributed by atoms with van der Waals surface area (Å²) in [6.07, 6.45) is 1.04. The zero-order valence-corrected chi connectivity index (χ0v) is 16.8. The van der Waals surface area contributed by atoms with Crippen LogP contribution in [0.4, 0.5) is 0 Å². The van der Waals surface area contributed by atoms with Crippen molar-refractivity contribution in [1.82, 2.24) is 5.32 Å². The predicted molar refractivity (Wildman–Crippen MR) is 109 cm³/mol. The third-order valence-corrected chi connectivity index (χ3v) is 4.55. The van der Waals surface area contributed by atoms with Gasteiger partial charge in [-0.3, -0.25) is 4.79 Å². The fourth-order valence-corrected chi connectivity index (χ4v) is 3.13. The summed E-state index contributed by atoms with van der Waals surface area (Å²) >= 11 is 0. The molecule has 1 aliphatic heterocycles. The molecule has 27 heavy (non-hydrogen) atoms. The maximum Gasteiger partial charge on any atom is 0.241 e. The van der Waals surface area contributed by atoms with Crippen molar-refractivity contribution in [3.8, 4) is 11.5 Å². The highest BCUT2D eigenvalue weighted by atomic mass is 35.5. The van der Waals surface area contributed by atoms with Crippen LogP contribution in [-0.4, -0.2) is 18.6 Å². The SMILES string of the molecule is CCOc1cc2c(cc1CNC(=O)C(N)c1ccc(C)cc1)OC(C)C2.Cl. The maximum absolute atomic E-state index is 12.4. The van der Waals surface area contributed by atoms with E-state index in [0.717, 1.165) is 40.2 Å². The van der Waals surface area contributed by atoms with Gasteiger partial charge in [-0.25, -0.2) is 0 Å². The van der Waals surface area contributed by atoms with Crippen LogP contribution in [0.2, 0.25) is 0 Å². The smallest absolute Gasteiger partial charge is 0.241 e. The molecule has 0 bridgehead atoms. The second-order valence-corrected chi connectivity index (χ2v) is 6.74. The van der Waals surface area contributed by atoms with Crippen molar-refractivity contribution >= 4 is 18.3 Å². The molecular formula is C21H27ClN2O3. The van der Waals surface area contributed by atoms with E-state index in [-0.39, 0.29) is 24.4 Å². The largest absolute Gasteiger partial charge is 0.494 e. The lowest BCUT2D eigenvalue weighted by molar-refractivity contribution is -0.122. The van der Waals surface area contributed by atoms with E-state index in [1.807, 2.05) is 57.2 Å². The minimum Gasteiger partial charge on any atom is -0.494 e. The van der Waals surface area contributed by atoms with Gasteiger partial charge in [-0.2, -0.15) is 0 Å². The van der Waals surface area contributed by atoms with E-state index in [1.165, 1.54) is 0 Å². The molecule has 3 N–H and O–H groups in total. The molecule has 1 heterocycles. The Bertz CT molecular complexity index is 793. The van der Waals surface area contributed by atoms with Crippen molar-refractivity contribution in [2.75, 3.05) is 6.61 Å². The van der Waals surface area contributed by atoms with Gasteiger partial charge in [-0.15, -0.1) is 12.4 Å². The second kappa shape index (κ2) is 9.11. The summed E-state index contributed by atoms with van der Waals surface area (Å²) in [6, 6.07) is 11.0. The number of ether oxygens (including phenoxy) is 2. The van der Waals surface area contributed by atoms with Gasteiger partial charge in [0.1, 0.15) is 23.6 Å². The van der Waals surface area contributed by atoms with Gasteiger partial charge in [0.15, 0.2) is 0 Å². The zero-order chi connectivity index (χ0) is 18.7. The van der Waals surface area contributed by atoms with Gasteiger partial charge in [0, 0.05) is 24.1 Å². The first kappa shape index (κ1) is 21.1. The first-order valence-corrected chi connectivity index (χ1v) is 9.03. The van der Waals surface area contributed by atoms with Gasteiger partial charge in [-0.05, 0) is 38.5 Å². The molecule has 2 aromatic rings. The Kier molecular flexibility index (Phi) is 7.11. The monoisotopic (exact) mass is 390 g/mol. The fraction of sp³-hybridized carbons (Fsp3) is 0.381. The summed E-state index contributed by atoms with van der Waals surface area (Å²) in [5.74, 6) is 1.44. The lowest BCUT2D eigenvalue weighted by Crippen LogP contribution is -2.33. The number of carbonyl (C=O) groups is 1. The number of fused-ring (bicyclic) bond motifs is 1. The lowest BCUT2D eigenvalue weighted by Gasteiger charge is -2.16. The number of aryl methyl sites for hydroxylation is 1. The standard InChI is InChI=1S/C21H26N2O3.ClH/c1-4-25-18-10-16-9-14(3)26-19(16)11-17(18)12-23-21(24)20(22)15-7-5-13(2)6-8-15;/h5-8,10-11,14,20H,4,9,12,22H2,1-3H3,(H,23,24);1H. The molecule has 0 spiro atoms. The number of benzene rings is 2.